The molecule has 1 atom stereocenters. The maximum Gasteiger partial charge on any atom is 0.141 e. The van der Waals surface area contributed by atoms with Gasteiger partial charge in [0.25, 0.3) is 0 Å². The first-order chi connectivity index (χ1) is 7.11. The van der Waals surface area contributed by atoms with E-state index in [1.165, 1.54) is 0 Å². The summed E-state index contributed by atoms with van der Waals surface area (Å²) in [6.07, 6.45) is 0.503. The van der Waals surface area contributed by atoms with Gasteiger partial charge in [0.2, 0.25) is 0 Å². The Morgan fingerprint density at radius 2 is 2.40 bits per heavy atom. The molecule has 5 heteroatoms. The van der Waals surface area contributed by atoms with Crippen LogP contribution in [0.3, 0.4) is 0 Å². The van der Waals surface area contributed by atoms with Crippen LogP contribution in [0, 0.1) is 0 Å². The lowest BCUT2D eigenvalue weighted by Crippen LogP contribution is -2.24. The fraction of sp³-hybridized carbons (Fsp3) is 0.300. The van der Waals surface area contributed by atoms with Crippen molar-refractivity contribution >= 4 is 27.5 Å². The third-order valence-electron chi connectivity index (χ3n) is 1.88. The Morgan fingerprint density at radius 1 is 1.67 bits per heavy atom. The Hall–Kier alpha value is -1.23. The average Bonchev–Trinajstić information content (AvgIpc) is 2.17. The van der Waals surface area contributed by atoms with Crippen LogP contribution in [0.5, 0.6) is 0 Å². The molecule has 0 aliphatic carbocycles. The maximum absolute atomic E-state index is 8.42. The van der Waals surface area contributed by atoms with Crippen LogP contribution in [-0.4, -0.2) is 17.1 Å². The summed E-state index contributed by atoms with van der Waals surface area (Å²) in [6.45, 7) is 1.97. The van der Waals surface area contributed by atoms with Crippen molar-refractivity contribution in [2.45, 2.75) is 19.4 Å². The summed E-state index contributed by atoms with van der Waals surface area (Å²) >= 11 is 3.39. The van der Waals surface area contributed by atoms with E-state index in [0.29, 0.717) is 6.42 Å². The van der Waals surface area contributed by atoms with Crippen LogP contribution in [0.4, 0.5) is 5.69 Å². The molecule has 0 bridgehead atoms. The minimum absolute atomic E-state index is 0.121. The maximum atomic E-state index is 8.42. The molecule has 4 nitrogen and oxygen atoms in total. The summed E-state index contributed by atoms with van der Waals surface area (Å²) in [4.78, 5) is 0. The number of benzene rings is 1. The summed E-state index contributed by atoms with van der Waals surface area (Å²) in [7, 11) is 0. The summed E-state index contributed by atoms with van der Waals surface area (Å²) in [5, 5.41) is 14.6. The molecule has 0 aliphatic heterocycles. The SMILES string of the molecule is CC(CC(N)=NO)Nc1cccc(Br)c1. The van der Waals surface area contributed by atoms with Gasteiger partial charge in [0.05, 0.1) is 0 Å². The van der Waals surface area contributed by atoms with Gasteiger partial charge in [-0.3, -0.25) is 0 Å². The molecule has 1 aromatic rings. The highest BCUT2D eigenvalue weighted by molar-refractivity contribution is 9.10. The molecule has 1 aromatic carbocycles. The molecule has 0 aromatic heterocycles. The van der Waals surface area contributed by atoms with Crippen molar-refractivity contribution in [3.05, 3.63) is 28.7 Å². The zero-order valence-corrected chi connectivity index (χ0v) is 10.0. The molecule has 1 unspecified atom stereocenters. The Bertz CT molecular complexity index is 354. The van der Waals surface area contributed by atoms with Gasteiger partial charge in [0.1, 0.15) is 5.84 Å². The Morgan fingerprint density at radius 3 is 3.00 bits per heavy atom. The van der Waals surface area contributed by atoms with Crippen LogP contribution in [0.1, 0.15) is 13.3 Å². The summed E-state index contributed by atoms with van der Waals surface area (Å²) in [5.41, 5.74) is 6.41. The number of rotatable bonds is 4. The van der Waals surface area contributed by atoms with E-state index in [0.717, 1.165) is 10.2 Å². The van der Waals surface area contributed by atoms with E-state index >= 15 is 0 Å². The van der Waals surface area contributed by atoms with E-state index in [1.807, 2.05) is 31.2 Å². The van der Waals surface area contributed by atoms with E-state index < -0.39 is 0 Å². The van der Waals surface area contributed by atoms with E-state index in [9.17, 15) is 0 Å². The van der Waals surface area contributed by atoms with E-state index in [4.69, 9.17) is 10.9 Å². The molecule has 0 aliphatic rings. The Labute approximate surface area is 97.3 Å². The van der Waals surface area contributed by atoms with Crippen LogP contribution in [0.25, 0.3) is 0 Å². The molecular formula is C10H14BrN3O. The first-order valence-corrected chi connectivity index (χ1v) is 5.39. The van der Waals surface area contributed by atoms with Crippen LogP contribution in [0.2, 0.25) is 0 Å². The topological polar surface area (TPSA) is 70.6 Å². The largest absolute Gasteiger partial charge is 0.409 e. The van der Waals surface area contributed by atoms with Gasteiger partial charge in [-0.05, 0) is 25.1 Å². The standard InChI is InChI=1S/C10H14BrN3O/c1-7(5-10(12)14-15)13-9-4-2-3-8(11)6-9/h2-4,6-7,13,15H,5H2,1H3,(H2,12,14). The van der Waals surface area contributed by atoms with E-state index in [-0.39, 0.29) is 11.9 Å². The third-order valence-corrected chi connectivity index (χ3v) is 2.37. The number of oxime groups is 1. The van der Waals surface area contributed by atoms with Gasteiger partial charge in [-0.2, -0.15) is 0 Å². The number of amidine groups is 1. The number of nitrogens with two attached hydrogens (primary N) is 1. The third kappa shape index (κ3) is 4.20. The molecule has 0 amide bonds. The second-order valence-electron chi connectivity index (χ2n) is 3.35. The monoisotopic (exact) mass is 271 g/mol. The van der Waals surface area contributed by atoms with Gasteiger partial charge >= 0.3 is 0 Å². The first kappa shape index (κ1) is 11.8. The number of nitrogens with zero attached hydrogens (tertiary/aromatic N) is 1. The van der Waals surface area contributed by atoms with Crippen molar-refractivity contribution < 1.29 is 5.21 Å². The minimum atomic E-state index is 0.121. The van der Waals surface area contributed by atoms with Gasteiger partial charge in [0, 0.05) is 22.6 Å². The molecule has 0 spiro atoms. The fourth-order valence-electron chi connectivity index (χ4n) is 1.27. The zero-order valence-electron chi connectivity index (χ0n) is 8.44. The number of nitrogens with one attached hydrogen (secondary N) is 1. The van der Waals surface area contributed by atoms with Crippen LogP contribution in [0.15, 0.2) is 33.9 Å². The number of anilines is 1. The van der Waals surface area contributed by atoms with Gasteiger partial charge in [-0.15, -0.1) is 0 Å². The minimum Gasteiger partial charge on any atom is -0.409 e. The van der Waals surface area contributed by atoms with Crippen molar-refractivity contribution in [2.75, 3.05) is 5.32 Å². The van der Waals surface area contributed by atoms with Gasteiger partial charge in [0.15, 0.2) is 0 Å². The molecular weight excluding hydrogens is 258 g/mol. The van der Waals surface area contributed by atoms with E-state index in [1.54, 1.807) is 0 Å². The zero-order chi connectivity index (χ0) is 11.3. The lowest BCUT2D eigenvalue weighted by Gasteiger charge is -2.14. The number of halogens is 1. The quantitative estimate of drug-likeness (QED) is 0.341. The molecule has 1 rings (SSSR count). The lowest BCUT2D eigenvalue weighted by atomic mass is 10.2. The predicted molar refractivity (Wildman–Crippen MR) is 65.3 cm³/mol. The number of hydrogen-bond acceptors (Lipinski definition) is 3. The van der Waals surface area contributed by atoms with Gasteiger partial charge < -0.3 is 16.3 Å². The van der Waals surface area contributed by atoms with Crippen molar-refractivity contribution in [1.82, 2.24) is 0 Å². The Balaban J connectivity index is 2.55. The summed E-state index contributed by atoms with van der Waals surface area (Å²) < 4.78 is 1.02. The van der Waals surface area contributed by atoms with Gasteiger partial charge in [-0.25, -0.2) is 0 Å². The second kappa shape index (κ2) is 5.60. The second-order valence-corrected chi connectivity index (χ2v) is 4.27. The normalized spacial score (nSPS) is 13.6. The highest BCUT2D eigenvalue weighted by Crippen LogP contribution is 2.16. The van der Waals surface area contributed by atoms with Crippen LogP contribution >= 0.6 is 15.9 Å². The summed E-state index contributed by atoms with van der Waals surface area (Å²) in [5.74, 6) is 0.227. The van der Waals surface area contributed by atoms with E-state index in [2.05, 4.69) is 26.4 Å². The highest BCUT2D eigenvalue weighted by Gasteiger charge is 2.04. The smallest absolute Gasteiger partial charge is 0.141 e. The predicted octanol–water partition coefficient (Wildman–Crippen LogP) is 2.39. The first-order valence-electron chi connectivity index (χ1n) is 4.60. The number of hydrogen-bond donors (Lipinski definition) is 3. The van der Waals surface area contributed by atoms with Crippen molar-refractivity contribution in [2.24, 2.45) is 10.9 Å². The van der Waals surface area contributed by atoms with Crippen molar-refractivity contribution in [3.63, 3.8) is 0 Å². The average molecular weight is 272 g/mol. The Kier molecular flexibility index (Phi) is 4.42. The molecule has 82 valence electrons. The highest BCUT2D eigenvalue weighted by atomic mass is 79.9. The van der Waals surface area contributed by atoms with Gasteiger partial charge in [-0.1, -0.05) is 27.2 Å². The molecule has 0 heterocycles. The fourth-order valence-corrected chi connectivity index (χ4v) is 1.67. The van der Waals surface area contributed by atoms with Crippen molar-refractivity contribution in [3.8, 4) is 0 Å². The molecule has 15 heavy (non-hydrogen) atoms. The lowest BCUT2D eigenvalue weighted by molar-refractivity contribution is 0.316. The van der Waals surface area contributed by atoms with Crippen LogP contribution in [-0.2, 0) is 0 Å². The van der Waals surface area contributed by atoms with Crippen molar-refractivity contribution in [1.29, 1.82) is 0 Å². The molecule has 4 N–H and O–H groups in total. The summed E-state index contributed by atoms with van der Waals surface area (Å²) in [6, 6.07) is 7.97. The molecule has 0 radical (unpaired) electrons. The molecule has 0 fully saturated rings. The molecule has 0 saturated heterocycles. The van der Waals surface area contributed by atoms with Crippen LogP contribution < -0.4 is 11.1 Å². The molecule has 0 saturated carbocycles.